The van der Waals surface area contributed by atoms with Gasteiger partial charge in [0.2, 0.25) is 10.0 Å². The topological polar surface area (TPSA) is 97.3 Å². The Labute approximate surface area is 205 Å². The molecule has 0 bridgehead atoms. The van der Waals surface area contributed by atoms with Gasteiger partial charge in [0.05, 0.1) is 24.8 Å². The van der Waals surface area contributed by atoms with Crippen LogP contribution in [0.25, 0.3) is 0 Å². The van der Waals surface area contributed by atoms with E-state index in [-0.39, 0.29) is 11.4 Å². The summed E-state index contributed by atoms with van der Waals surface area (Å²) in [7, 11) is -2.39. The first-order valence-corrected chi connectivity index (χ1v) is 12.2. The molecule has 0 aliphatic heterocycles. The van der Waals surface area contributed by atoms with Crippen molar-refractivity contribution in [2.45, 2.75) is 11.4 Å². The Morgan fingerprint density at radius 2 is 1.71 bits per heavy atom. The zero-order valence-electron chi connectivity index (χ0n) is 19.3. The van der Waals surface area contributed by atoms with E-state index in [0.29, 0.717) is 23.7 Å². The number of benzene rings is 3. The van der Waals surface area contributed by atoms with Crippen molar-refractivity contribution in [1.82, 2.24) is 9.73 Å². The normalized spacial score (nSPS) is 11.4. The van der Waals surface area contributed by atoms with Gasteiger partial charge in [-0.05, 0) is 41.5 Å². The number of rotatable bonds is 12. The smallest absolute Gasteiger partial charge is 0.255 e. The predicted octanol–water partition coefficient (Wildman–Crippen LogP) is 3.60. The highest BCUT2D eigenvalue weighted by molar-refractivity contribution is 7.89. The van der Waals surface area contributed by atoms with E-state index in [2.05, 4.69) is 17.1 Å². The zero-order valence-corrected chi connectivity index (χ0v) is 20.1. The third-order valence-electron chi connectivity index (χ3n) is 4.85. The number of methoxy groups -OCH3 is 1. The van der Waals surface area contributed by atoms with E-state index in [4.69, 9.17) is 9.47 Å². The second-order valence-electron chi connectivity index (χ2n) is 7.37. The first kappa shape index (κ1) is 25.7. The van der Waals surface area contributed by atoms with Crippen molar-refractivity contribution in [2.75, 3.05) is 20.3 Å². The van der Waals surface area contributed by atoms with Crippen molar-refractivity contribution < 1.29 is 22.7 Å². The lowest BCUT2D eigenvalue weighted by Crippen LogP contribution is -2.39. The molecule has 0 saturated carbocycles. The van der Waals surface area contributed by atoms with Gasteiger partial charge in [-0.2, -0.15) is 9.41 Å². The van der Waals surface area contributed by atoms with E-state index in [1.807, 2.05) is 18.2 Å². The Bertz CT molecular complexity index is 1260. The number of sulfonamides is 1. The highest BCUT2D eigenvalue weighted by Crippen LogP contribution is 2.27. The Morgan fingerprint density at radius 1 is 1.03 bits per heavy atom. The average molecular weight is 494 g/mol. The van der Waals surface area contributed by atoms with E-state index < -0.39 is 22.5 Å². The molecule has 1 amide bonds. The van der Waals surface area contributed by atoms with Crippen LogP contribution < -0.4 is 14.9 Å². The minimum absolute atomic E-state index is 0.0402. The van der Waals surface area contributed by atoms with Gasteiger partial charge >= 0.3 is 0 Å². The van der Waals surface area contributed by atoms with Crippen molar-refractivity contribution in [1.29, 1.82) is 0 Å². The summed E-state index contributed by atoms with van der Waals surface area (Å²) in [6.07, 6.45) is 3.06. The average Bonchev–Trinajstić information content (AvgIpc) is 2.88. The van der Waals surface area contributed by atoms with Crippen LogP contribution in [0.15, 0.2) is 102 Å². The minimum Gasteiger partial charge on any atom is -0.493 e. The second kappa shape index (κ2) is 12.5. The van der Waals surface area contributed by atoms with Gasteiger partial charge in [-0.1, -0.05) is 61.2 Å². The summed E-state index contributed by atoms with van der Waals surface area (Å²) in [5.74, 6) is 0.482. The van der Waals surface area contributed by atoms with Crippen molar-refractivity contribution in [3.05, 3.63) is 103 Å². The molecule has 35 heavy (non-hydrogen) atoms. The molecular formula is C26H27N3O5S. The molecule has 1 N–H and O–H groups in total. The van der Waals surface area contributed by atoms with Crippen LogP contribution in [0.1, 0.15) is 11.1 Å². The number of hydrogen-bond donors (Lipinski definition) is 1. The fourth-order valence-corrected chi connectivity index (χ4v) is 4.57. The standard InChI is InChI=1S/C26H27N3O5S/c1-3-16-34-24-15-14-22(17-25(24)33-2)18-27-28-26(30)20-29(19-21-10-6-4-7-11-21)35(31,32)23-12-8-5-9-13-23/h3-15,17-18H,1,16,19-20H2,2H3,(H,28,30)/b27-18-. The van der Waals surface area contributed by atoms with Gasteiger partial charge in [0, 0.05) is 6.54 Å². The van der Waals surface area contributed by atoms with E-state index in [1.165, 1.54) is 25.5 Å². The summed E-state index contributed by atoms with van der Waals surface area (Å²) in [5, 5.41) is 3.97. The Hall–Kier alpha value is -3.95. The molecule has 3 rings (SSSR count). The van der Waals surface area contributed by atoms with Crippen LogP contribution in [0, 0.1) is 0 Å². The molecule has 3 aromatic rings. The summed E-state index contributed by atoms with van der Waals surface area (Å²) < 4.78 is 38.4. The van der Waals surface area contributed by atoms with Crippen LogP contribution in [0.5, 0.6) is 11.5 Å². The van der Waals surface area contributed by atoms with Gasteiger partial charge in [0.1, 0.15) is 6.61 Å². The molecule has 182 valence electrons. The summed E-state index contributed by atoms with van der Waals surface area (Å²) in [5.41, 5.74) is 3.81. The molecule has 0 radical (unpaired) electrons. The maximum atomic E-state index is 13.2. The highest BCUT2D eigenvalue weighted by atomic mass is 32.2. The van der Waals surface area contributed by atoms with Crippen LogP contribution in [0.4, 0.5) is 0 Å². The maximum Gasteiger partial charge on any atom is 0.255 e. The van der Waals surface area contributed by atoms with Gasteiger partial charge in [0.25, 0.3) is 5.91 Å². The summed E-state index contributed by atoms with van der Waals surface area (Å²) in [4.78, 5) is 12.7. The molecule has 0 aliphatic rings. The predicted molar refractivity (Wildman–Crippen MR) is 135 cm³/mol. The number of carbonyl (C=O) groups is 1. The van der Waals surface area contributed by atoms with Crippen molar-refractivity contribution in [3.63, 3.8) is 0 Å². The van der Waals surface area contributed by atoms with Crippen molar-refractivity contribution >= 4 is 22.1 Å². The number of carbonyl (C=O) groups excluding carboxylic acids is 1. The SMILES string of the molecule is C=CCOc1ccc(/C=N\NC(=O)CN(Cc2ccccc2)S(=O)(=O)c2ccccc2)cc1OC. The lowest BCUT2D eigenvalue weighted by Gasteiger charge is -2.21. The number of hydrogen-bond acceptors (Lipinski definition) is 6. The maximum absolute atomic E-state index is 13.2. The third kappa shape index (κ3) is 7.26. The number of amides is 1. The molecule has 9 heteroatoms. The molecule has 0 unspecified atom stereocenters. The lowest BCUT2D eigenvalue weighted by molar-refractivity contribution is -0.121. The quantitative estimate of drug-likeness (QED) is 0.236. The van der Waals surface area contributed by atoms with E-state index in [9.17, 15) is 13.2 Å². The van der Waals surface area contributed by atoms with Crippen LogP contribution in [-0.4, -0.2) is 45.1 Å². The number of nitrogens with zero attached hydrogens (tertiary/aromatic N) is 2. The number of ether oxygens (including phenoxy) is 2. The first-order valence-electron chi connectivity index (χ1n) is 10.8. The molecule has 3 aromatic carbocycles. The van der Waals surface area contributed by atoms with Crippen molar-refractivity contribution in [2.24, 2.45) is 5.10 Å². The van der Waals surface area contributed by atoms with Gasteiger partial charge in [0.15, 0.2) is 11.5 Å². The third-order valence-corrected chi connectivity index (χ3v) is 6.66. The van der Waals surface area contributed by atoms with Gasteiger partial charge in [-0.15, -0.1) is 0 Å². The Kier molecular flexibility index (Phi) is 9.16. The fourth-order valence-electron chi connectivity index (χ4n) is 3.16. The molecular weight excluding hydrogens is 466 g/mol. The second-order valence-corrected chi connectivity index (χ2v) is 9.31. The van der Waals surface area contributed by atoms with Gasteiger partial charge in [-0.3, -0.25) is 4.79 Å². The molecule has 0 heterocycles. The first-order chi connectivity index (χ1) is 16.9. The molecule has 0 saturated heterocycles. The van der Waals surface area contributed by atoms with Crippen LogP contribution in [0.3, 0.4) is 0 Å². The molecule has 8 nitrogen and oxygen atoms in total. The van der Waals surface area contributed by atoms with Crippen LogP contribution in [0.2, 0.25) is 0 Å². The Morgan fingerprint density at radius 3 is 2.37 bits per heavy atom. The molecule has 0 aromatic heterocycles. The Balaban J connectivity index is 1.72. The van der Waals surface area contributed by atoms with Crippen LogP contribution in [-0.2, 0) is 21.4 Å². The molecule has 0 fully saturated rings. The largest absolute Gasteiger partial charge is 0.493 e. The van der Waals surface area contributed by atoms with Crippen LogP contribution >= 0.6 is 0 Å². The fraction of sp³-hybridized carbons (Fsp3) is 0.154. The van der Waals surface area contributed by atoms with Crippen molar-refractivity contribution in [3.8, 4) is 11.5 Å². The summed E-state index contributed by atoms with van der Waals surface area (Å²) >= 11 is 0. The highest BCUT2D eigenvalue weighted by Gasteiger charge is 2.26. The van der Waals surface area contributed by atoms with E-state index >= 15 is 0 Å². The minimum atomic E-state index is -3.91. The molecule has 0 spiro atoms. The lowest BCUT2D eigenvalue weighted by atomic mass is 10.2. The molecule has 0 aliphatic carbocycles. The van der Waals surface area contributed by atoms with E-state index in [0.717, 1.165) is 9.87 Å². The number of hydrazone groups is 1. The summed E-state index contributed by atoms with van der Waals surface area (Å²) in [6.45, 7) is 3.59. The number of nitrogens with one attached hydrogen (secondary N) is 1. The van der Waals surface area contributed by atoms with E-state index in [1.54, 1.807) is 54.6 Å². The van der Waals surface area contributed by atoms with Gasteiger partial charge < -0.3 is 9.47 Å². The zero-order chi connectivity index (χ0) is 25.1. The molecule has 0 atom stereocenters. The monoisotopic (exact) mass is 493 g/mol. The summed E-state index contributed by atoms with van der Waals surface area (Å²) in [6, 6.07) is 22.3. The van der Waals surface area contributed by atoms with Gasteiger partial charge in [-0.25, -0.2) is 13.8 Å².